The minimum absolute atomic E-state index is 0.0000472. The second kappa shape index (κ2) is 6.36. The lowest BCUT2D eigenvalue weighted by atomic mass is 10.1. The quantitative estimate of drug-likeness (QED) is 0.282. The normalized spacial score (nSPS) is 10.1. The first-order valence-corrected chi connectivity index (χ1v) is 6.54. The number of hydrogen-bond donors (Lipinski definition) is 0. The molecular formula is C15H10ClNO5. The van der Waals surface area contributed by atoms with Gasteiger partial charge in [0.2, 0.25) is 0 Å². The summed E-state index contributed by atoms with van der Waals surface area (Å²) in [6, 6.07) is 9.59. The topological polar surface area (TPSA) is 86.5 Å². The summed E-state index contributed by atoms with van der Waals surface area (Å²) in [5.74, 6) is -1.26. The van der Waals surface area contributed by atoms with Gasteiger partial charge in [-0.2, -0.15) is 0 Å². The van der Waals surface area contributed by atoms with Crippen molar-refractivity contribution >= 4 is 29.0 Å². The Balaban J connectivity index is 2.38. The highest BCUT2D eigenvalue weighted by Crippen LogP contribution is 2.26. The first-order chi connectivity index (χ1) is 10.4. The smallest absolute Gasteiger partial charge is 0.350 e. The Kier molecular flexibility index (Phi) is 4.53. The van der Waals surface area contributed by atoms with Gasteiger partial charge in [-0.1, -0.05) is 23.7 Å². The third kappa shape index (κ3) is 3.29. The van der Waals surface area contributed by atoms with Crippen LogP contribution >= 0.6 is 11.6 Å². The van der Waals surface area contributed by atoms with Crippen molar-refractivity contribution in [2.75, 3.05) is 0 Å². The summed E-state index contributed by atoms with van der Waals surface area (Å²) in [7, 11) is 0. The van der Waals surface area contributed by atoms with Crippen molar-refractivity contribution in [1.29, 1.82) is 0 Å². The zero-order valence-corrected chi connectivity index (χ0v) is 12.2. The van der Waals surface area contributed by atoms with E-state index in [0.29, 0.717) is 5.02 Å². The van der Waals surface area contributed by atoms with Gasteiger partial charge in [-0.25, -0.2) is 4.79 Å². The molecule has 0 aliphatic rings. The fourth-order valence-corrected chi connectivity index (χ4v) is 2.00. The molecule has 0 heterocycles. The van der Waals surface area contributed by atoms with E-state index in [0.717, 1.165) is 0 Å². The molecule has 2 aromatic carbocycles. The van der Waals surface area contributed by atoms with Crippen molar-refractivity contribution in [3.8, 4) is 5.75 Å². The molecule has 0 bridgehead atoms. The molecule has 0 fully saturated rings. The maximum Gasteiger partial charge on any atom is 0.350 e. The van der Waals surface area contributed by atoms with Crippen molar-refractivity contribution in [3.05, 3.63) is 68.7 Å². The number of ketones is 1. The number of ether oxygens (including phenoxy) is 1. The molecule has 2 aromatic rings. The number of rotatable bonds is 4. The van der Waals surface area contributed by atoms with Crippen molar-refractivity contribution in [3.63, 3.8) is 0 Å². The average molecular weight is 320 g/mol. The van der Waals surface area contributed by atoms with Crippen molar-refractivity contribution < 1.29 is 19.2 Å². The van der Waals surface area contributed by atoms with E-state index in [1.807, 2.05) is 0 Å². The van der Waals surface area contributed by atoms with Crippen molar-refractivity contribution in [2.24, 2.45) is 0 Å². The standard InChI is InChI=1S/C15H10ClNO5/c1-9(18)12-8-10(16)6-7-14(12)22-15(19)11-4-2-3-5-13(11)17(20)21/h2-8H,1H3. The molecule has 0 saturated heterocycles. The Bertz CT molecular complexity index is 772. The highest BCUT2D eigenvalue weighted by molar-refractivity contribution is 6.31. The molecular weight excluding hydrogens is 310 g/mol. The SMILES string of the molecule is CC(=O)c1cc(Cl)ccc1OC(=O)c1ccccc1[N+](=O)[O-]. The van der Waals surface area contributed by atoms with E-state index in [-0.39, 0.29) is 28.3 Å². The number of nitro benzene ring substituents is 1. The molecule has 0 radical (unpaired) electrons. The van der Waals surface area contributed by atoms with Crippen LogP contribution in [0.2, 0.25) is 5.02 Å². The number of hydrogen-bond acceptors (Lipinski definition) is 5. The molecule has 0 aromatic heterocycles. The van der Waals surface area contributed by atoms with Crippen molar-refractivity contribution in [2.45, 2.75) is 6.92 Å². The second-order valence-corrected chi connectivity index (χ2v) is 4.80. The second-order valence-electron chi connectivity index (χ2n) is 4.36. The molecule has 0 aliphatic carbocycles. The van der Waals surface area contributed by atoms with E-state index in [2.05, 4.69) is 0 Å². The van der Waals surface area contributed by atoms with Gasteiger partial charge in [0.15, 0.2) is 5.78 Å². The Hall–Kier alpha value is -2.73. The van der Waals surface area contributed by atoms with E-state index in [4.69, 9.17) is 16.3 Å². The molecule has 7 heteroatoms. The van der Waals surface area contributed by atoms with Crippen LogP contribution < -0.4 is 4.74 Å². The third-order valence-electron chi connectivity index (χ3n) is 2.84. The molecule has 0 aliphatic heterocycles. The maximum atomic E-state index is 12.1. The molecule has 6 nitrogen and oxygen atoms in total. The van der Waals surface area contributed by atoms with Crippen molar-refractivity contribution in [1.82, 2.24) is 0 Å². The lowest BCUT2D eigenvalue weighted by molar-refractivity contribution is -0.385. The van der Waals surface area contributed by atoms with Crippen LogP contribution in [0.15, 0.2) is 42.5 Å². The van der Waals surface area contributed by atoms with E-state index in [9.17, 15) is 19.7 Å². The predicted octanol–water partition coefficient (Wildman–Crippen LogP) is 3.67. The highest BCUT2D eigenvalue weighted by Gasteiger charge is 2.22. The molecule has 0 unspecified atom stereocenters. The lowest BCUT2D eigenvalue weighted by Gasteiger charge is -2.08. The number of esters is 1. The molecule has 0 amide bonds. The van der Waals surface area contributed by atoms with Gasteiger partial charge in [0.1, 0.15) is 11.3 Å². The number of carbonyl (C=O) groups excluding carboxylic acids is 2. The summed E-state index contributed by atoms with van der Waals surface area (Å²) in [4.78, 5) is 33.9. The van der Waals surface area contributed by atoms with Crippen LogP contribution in [-0.4, -0.2) is 16.7 Å². The fraction of sp³-hybridized carbons (Fsp3) is 0.0667. The zero-order chi connectivity index (χ0) is 16.3. The van der Waals surface area contributed by atoms with Crippen LogP contribution in [0.4, 0.5) is 5.69 Å². The van der Waals surface area contributed by atoms with Gasteiger partial charge in [-0.3, -0.25) is 14.9 Å². The molecule has 112 valence electrons. The number of halogens is 1. The Labute approximate surface area is 130 Å². The minimum Gasteiger partial charge on any atom is -0.422 e. The Morgan fingerprint density at radius 1 is 1.14 bits per heavy atom. The van der Waals surface area contributed by atoms with E-state index in [1.54, 1.807) is 0 Å². The summed E-state index contributed by atoms with van der Waals surface area (Å²) in [5, 5.41) is 11.2. The predicted molar refractivity (Wildman–Crippen MR) is 79.5 cm³/mol. The minimum atomic E-state index is -0.919. The number of nitrogens with zero attached hydrogens (tertiary/aromatic N) is 1. The third-order valence-corrected chi connectivity index (χ3v) is 3.08. The van der Waals surface area contributed by atoms with Crippen LogP contribution in [0.1, 0.15) is 27.6 Å². The van der Waals surface area contributed by atoms with Gasteiger partial charge in [-0.15, -0.1) is 0 Å². The van der Waals surface area contributed by atoms with Gasteiger partial charge in [0.25, 0.3) is 5.69 Å². The van der Waals surface area contributed by atoms with Gasteiger partial charge in [0.05, 0.1) is 10.5 Å². The zero-order valence-electron chi connectivity index (χ0n) is 11.4. The Morgan fingerprint density at radius 3 is 2.45 bits per heavy atom. The molecule has 0 atom stereocenters. The summed E-state index contributed by atoms with van der Waals surface area (Å²) in [6.07, 6.45) is 0. The first-order valence-electron chi connectivity index (χ1n) is 6.16. The molecule has 2 rings (SSSR count). The first kappa shape index (κ1) is 15.7. The number of benzene rings is 2. The molecule has 22 heavy (non-hydrogen) atoms. The van der Waals surface area contributed by atoms with Gasteiger partial charge < -0.3 is 4.74 Å². The van der Waals surface area contributed by atoms with E-state index in [1.165, 1.54) is 49.4 Å². The highest BCUT2D eigenvalue weighted by atomic mass is 35.5. The van der Waals surface area contributed by atoms with Gasteiger partial charge in [-0.05, 0) is 31.2 Å². The maximum absolute atomic E-state index is 12.1. The number of para-hydroxylation sites is 1. The summed E-state index contributed by atoms with van der Waals surface area (Å²) in [5.41, 5.74) is -0.442. The fourth-order valence-electron chi connectivity index (χ4n) is 1.83. The van der Waals surface area contributed by atoms with Gasteiger partial charge >= 0.3 is 5.97 Å². The molecule has 0 saturated carbocycles. The Morgan fingerprint density at radius 2 is 1.82 bits per heavy atom. The summed E-state index contributed by atoms with van der Waals surface area (Å²) in [6.45, 7) is 1.30. The average Bonchev–Trinajstić information content (AvgIpc) is 2.48. The summed E-state index contributed by atoms with van der Waals surface area (Å²) >= 11 is 5.80. The largest absolute Gasteiger partial charge is 0.422 e. The van der Waals surface area contributed by atoms with Crippen LogP contribution in [0, 0.1) is 10.1 Å². The van der Waals surface area contributed by atoms with Gasteiger partial charge in [0, 0.05) is 11.1 Å². The van der Waals surface area contributed by atoms with Crippen LogP contribution in [0.25, 0.3) is 0 Å². The molecule has 0 spiro atoms. The number of carbonyl (C=O) groups is 2. The van der Waals surface area contributed by atoms with Crippen LogP contribution in [0.3, 0.4) is 0 Å². The molecule has 0 N–H and O–H groups in total. The lowest BCUT2D eigenvalue weighted by Crippen LogP contribution is -2.12. The number of Topliss-reactive ketones (excluding diaryl/α,β-unsaturated/α-hetero) is 1. The monoisotopic (exact) mass is 319 g/mol. The van der Waals surface area contributed by atoms with E-state index < -0.39 is 10.9 Å². The van der Waals surface area contributed by atoms with E-state index >= 15 is 0 Å². The summed E-state index contributed by atoms with van der Waals surface area (Å²) < 4.78 is 5.12. The van der Waals surface area contributed by atoms with Crippen LogP contribution in [-0.2, 0) is 0 Å². The number of nitro groups is 1. The van der Waals surface area contributed by atoms with Crippen LogP contribution in [0.5, 0.6) is 5.75 Å².